The van der Waals surface area contributed by atoms with Gasteiger partial charge in [-0.25, -0.2) is 9.67 Å². The molecule has 0 radical (unpaired) electrons. The summed E-state index contributed by atoms with van der Waals surface area (Å²) < 4.78 is 1.25. The molecule has 0 fully saturated rings. The van der Waals surface area contributed by atoms with E-state index in [9.17, 15) is 4.79 Å². The lowest BCUT2D eigenvalue weighted by Crippen LogP contribution is -2.19. The summed E-state index contributed by atoms with van der Waals surface area (Å²) in [5.74, 6) is -0.348. The number of halogens is 1. The zero-order valence-corrected chi connectivity index (χ0v) is 10.8. The van der Waals surface area contributed by atoms with Crippen LogP contribution in [0.3, 0.4) is 0 Å². The van der Waals surface area contributed by atoms with Crippen molar-refractivity contribution in [3.05, 3.63) is 40.9 Å². The number of carbonyl (C=O) groups is 1. The number of rotatable bonds is 3. The number of benzene rings is 1. The highest BCUT2D eigenvalue weighted by Crippen LogP contribution is 2.20. The summed E-state index contributed by atoms with van der Waals surface area (Å²) in [6.07, 6.45) is 1.30. The van der Waals surface area contributed by atoms with Crippen LogP contribution in [-0.4, -0.2) is 20.7 Å². The zero-order chi connectivity index (χ0) is 14.5. The standard InChI is InChI=1S/C12H7ClN6O/c13-10-3-9(2-1-8(10)4-14)17-12(20)6-19-7-16-11(5-15)18-19/h1-3,7H,6H2,(H,17,20). The number of nitrogens with one attached hydrogen (secondary N) is 1. The highest BCUT2D eigenvalue weighted by atomic mass is 35.5. The Balaban J connectivity index is 2.03. The van der Waals surface area contributed by atoms with E-state index >= 15 is 0 Å². The number of hydrogen-bond donors (Lipinski definition) is 1. The Morgan fingerprint density at radius 3 is 2.80 bits per heavy atom. The van der Waals surface area contributed by atoms with Crippen LogP contribution in [0.5, 0.6) is 0 Å². The van der Waals surface area contributed by atoms with Crippen molar-refractivity contribution in [2.75, 3.05) is 5.32 Å². The van der Waals surface area contributed by atoms with E-state index < -0.39 is 0 Å². The number of hydrogen-bond acceptors (Lipinski definition) is 5. The van der Waals surface area contributed by atoms with Gasteiger partial charge < -0.3 is 5.32 Å². The lowest BCUT2D eigenvalue weighted by Gasteiger charge is -2.05. The molecule has 1 heterocycles. The number of nitriles is 2. The molecule has 1 amide bonds. The number of amides is 1. The average Bonchev–Trinajstić information content (AvgIpc) is 2.86. The topological polar surface area (TPSA) is 107 Å². The largest absolute Gasteiger partial charge is 0.324 e. The molecule has 0 saturated carbocycles. The van der Waals surface area contributed by atoms with Gasteiger partial charge in [-0.3, -0.25) is 4.79 Å². The van der Waals surface area contributed by atoms with Crippen LogP contribution >= 0.6 is 11.6 Å². The Hall–Kier alpha value is -2.90. The fourth-order valence-corrected chi connectivity index (χ4v) is 1.68. The van der Waals surface area contributed by atoms with E-state index in [0.29, 0.717) is 11.3 Å². The summed E-state index contributed by atoms with van der Waals surface area (Å²) in [5.41, 5.74) is 0.805. The predicted molar refractivity (Wildman–Crippen MR) is 69.5 cm³/mol. The maximum absolute atomic E-state index is 11.8. The quantitative estimate of drug-likeness (QED) is 0.915. The van der Waals surface area contributed by atoms with Crippen LogP contribution in [0.2, 0.25) is 5.02 Å². The molecule has 7 nitrogen and oxygen atoms in total. The molecule has 0 spiro atoms. The SMILES string of the molecule is N#Cc1ncn(CC(=O)Nc2ccc(C#N)c(Cl)c2)n1. The molecule has 2 aromatic rings. The van der Waals surface area contributed by atoms with E-state index in [1.807, 2.05) is 6.07 Å². The van der Waals surface area contributed by atoms with Crippen LogP contribution < -0.4 is 5.32 Å². The summed E-state index contributed by atoms with van der Waals surface area (Å²) in [4.78, 5) is 15.4. The molecule has 0 unspecified atom stereocenters. The average molecular weight is 287 g/mol. The van der Waals surface area contributed by atoms with Crippen LogP contribution in [0, 0.1) is 22.7 Å². The summed E-state index contributed by atoms with van der Waals surface area (Å²) in [6.45, 7) is -0.0771. The van der Waals surface area contributed by atoms with Gasteiger partial charge in [0.05, 0.1) is 10.6 Å². The summed E-state index contributed by atoms with van der Waals surface area (Å²) in [6, 6.07) is 8.27. The number of nitrogens with zero attached hydrogens (tertiary/aromatic N) is 5. The molecule has 0 aliphatic carbocycles. The Morgan fingerprint density at radius 2 is 2.20 bits per heavy atom. The van der Waals surface area contributed by atoms with E-state index in [-0.39, 0.29) is 23.3 Å². The molecule has 1 aromatic carbocycles. The molecular formula is C12H7ClN6O. The second-order valence-electron chi connectivity index (χ2n) is 3.73. The van der Waals surface area contributed by atoms with Crippen molar-refractivity contribution in [3.63, 3.8) is 0 Å². The van der Waals surface area contributed by atoms with E-state index in [2.05, 4.69) is 15.4 Å². The van der Waals surface area contributed by atoms with Crippen LogP contribution in [0.25, 0.3) is 0 Å². The fourth-order valence-electron chi connectivity index (χ4n) is 1.45. The van der Waals surface area contributed by atoms with Crippen molar-refractivity contribution < 1.29 is 4.79 Å². The first-order valence-corrected chi connectivity index (χ1v) is 5.79. The smallest absolute Gasteiger partial charge is 0.252 e. The van der Waals surface area contributed by atoms with Gasteiger partial charge in [0.1, 0.15) is 25.0 Å². The minimum atomic E-state index is -0.347. The van der Waals surface area contributed by atoms with E-state index in [1.54, 1.807) is 12.1 Å². The van der Waals surface area contributed by atoms with E-state index in [4.69, 9.17) is 22.1 Å². The monoisotopic (exact) mass is 286 g/mol. The summed E-state index contributed by atoms with van der Waals surface area (Å²) in [7, 11) is 0. The third-order valence-electron chi connectivity index (χ3n) is 2.32. The summed E-state index contributed by atoms with van der Waals surface area (Å²) in [5, 5.41) is 24.0. The Kier molecular flexibility index (Phi) is 3.94. The Morgan fingerprint density at radius 1 is 1.40 bits per heavy atom. The van der Waals surface area contributed by atoms with Crippen molar-refractivity contribution in [2.24, 2.45) is 0 Å². The molecule has 1 N–H and O–H groups in total. The molecule has 0 aliphatic rings. The van der Waals surface area contributed by atoms with E-state index in [0.717, 1.165) is 0 Å². The number of anilines is 1. The van der Waals surface area contributed by atoms with Crippen LogP contribution in [0.4, 0.5) is 5.69 Å². The first kappa shape index (κ1) is 13.5. The van der Waals surface area contributed by atoms with Gasteiger partial charge in [-0.15, -0.1) is 5.10 Å². The Labute approximate surface area is 119 Å². The lowest BCUT2D eigenvalue weighted by molar-refractivity contribution is -0.116. The highest BCUT2D eigenvalue weighted by molar-refractivity contribution is 6.32. The third-order valence-corrected chi connectivity index (χ3v) is 2.63. The minimum Gasteiger partial charge on any atom is -0.324 e. The van der Waals surface area contributed by atoms with Gasteiger partial charge in [-0.05, 0) is 18.2 Å². The van der Waals surface area contributed by atoms with Crippen molar-refractivity contribution in [3.8, 4) is 12.1 Å². The molecule has 2 rings (SSSR count). The van der Waals surface area contributed by atoms with Crippen molar-refractivity contribution in [2.45, 2.75) is 6.54 Å². The van der Waals surface area contributed by atoms with Crippen LogP contribution in [-0.2, 0) is 11.3 Å². The van der Waals surface area contributed by atoms with Gasteiger partial charge in [0.25, 0.3) is 5.82 Å². The highest BCUT2D eigenvalue weighted by Gasteiger charge is 2.07. The van der Waals surface area contributed by atoms with Crippen LogP contribution in [0.1, 0.15) is 11.4 Å². The van der Waals surface area contributed by atoms with Crippen LogP contribution in [0.15, 0.2) is 24.5 Å². The minimum absolute atomic E-state index is 0.000725. The molecule has 0 atom stereocenters. The normalized spacial score (nSPS) is 9.55. The second kappa shape index (κ2) is 5.83. The second-order valence-corrected chi connectivity index (χ2v) is 4.14. The number of carbonyl (C=O) groups excluding carboxylic acids is 1. The molecule has 98 valence electrons. The van der Waals surface area contributed by atoms with Gasteiger partial charge in [-0.1, -0.05) is 11.6 Å². The van der Waals surface area contributed by atoms with E-state index in [1.165, 1.54) is 23.1 Å². The fraction of sp³-hybridized carbons (Fsp3) is 0.0833. The molecule has 0 saturated heterocycles. The summed E-state index contributed by atoms with van der Waals surface area (Å²) >= 11 is 5.86. The molecule has 20 heavy (non-hydrogen) atoms. The third kappa shape index (κ3) is 3.10. The first-order valence-electron chi connectivity index (χ1n) is 5.41. The number of aromatic nitrogens is 3. The Bertz CT molecular complexity index is 739. The predicted octanol–water partition coefficient (Wildman–Crippen LogP) is 1.31. The van der Waals surface area contributed by atoms with Gasteiger partial charge in [0, 0.05) is 5.69 Å². The maximum Gasteiger partial charge on any atom is 0.252 e. The maximum atomic E-state index is 11.8. The molecule has 0 aliphatic heterocycles. The lowest BCUT2D eigenvalue weighted by atomic mass is 10.2. The molecule has 1 aromatic heterocycles. The van der Waals surface area contributed by atoms with Crippen molar-refractivity contribution in [1.29, 1.82) is 10.5 Å². The van der Waals surface area contributed by atoms with Gasteiger partial charge in [0.15, 0.2) is 0 Å². The van der Waals surface area contributed by atoms with Crippen molar-refractivity contribution in [1.82, 2.24) is 14.8 Å². The van der Waals surface area contributed by atoms with Crippen molar-refractivity contribution >= 4 is 23.2 Å². The molecular weight excluding hydrogens is 280 g/mol. The zero-order valence-electron chi connectivity index (χ0n) is 10.0. The van der Waals surface area contributed by atoms with Gasteiger partial charge in [-0.2, -0.15) is 10.5 Å². The first-order chi connectivity index (χ1) is 9.62. The molecule has 0 bridgehead atoms. The van der Waals surface area contributed by atoms with Gasteiger partial charge in [0.2, 0.25) is 5.91 Å². The molecule has 8 heteroatoms. The van der Waals surface area contributed by atoms with Gasteiger partial charge >= 0.3 is 0 Å².